The third kappa shape index (κ3) is 3.17. The van der Waals surface area contributed by atoms with Gasteiger partial charge >= 0.3 is 0 Å². The Balaban J connectivity index is 2.27. The van der Waals surface area contributed by atoms with Gasteiger partial charge in [0.05, 0.1) is 0 Å². The minimum atomic E-state index is -0.255. The molecule has 1 fully saturated rings. The van der Waals surface area contributed by atoms with Gasteiger partial charge in [0.15, 0.2) is 0 Å². The number of anilines is 1. The Kier molecular flexibility index (Phi) is 4.74. The SMILES string of the molecule is C=CC(=C)N(C(=C)C1CCOCC1)c1ccc(F)cc1. The summed E-state index contributed by atoms with van der Waals surface area (Å²) in [7, 11) is 0. The summed E-state index contributed by atoms with van der Waals surface area (Å²) in [5, 5.41) is 0. The van der Waals surface area contributed by atoms with Gasteiger partial charge in [-0.25, -0.2) is 4.39 Å². The monoisotopic (exact) mass is 273 g/mol. The smallest absolute Gasteiger partial charge is 0.123 e. The van der Waals surface area contributed by atoms with E-state index in [1.54, 1.807) is 18.2 Å². The van der Waals surface area contributed by atoms with Crippen LogP contribution < -0.4 is 4.90 Å². The van der Waals surface area contributed by atoms with Gasteiger partial charge in [0, 0.05) is 36.2 Å². The summed E-state index contributed by atoms with van der Waals surface area (Å²) in [5.41, 5.74) is 2.56. The van der Waals surface area contributed by atoms with Gasteiger partial charge < -0.3 is 9.64 Å². The summed E-state index contributed by atoms with van der Waals surface area (Å²) >= 11 is 0. The zero-order chi connectivity index (χ0) is 14.5. The summed E-state index contributed by atoms with van der Waals surface area (Å²) < 4.78 is 18.5. The summed E-state index contributed by atoms with van der Waals surface area (Å²) in [6.45, 7) is 13.5. The number of hydrogen-bond donors (Lipinski definition) is 0. The van der Waals surface area contributed by atoms with Crippen molar-refractivity contribution in [3.63, 3.8) is 0 Å². The first-order chi connectivity index (χ1) is 9.63. The normalized spacial score (nSPS) is 15.7. The number of rotatable bonds is 5. The lowest BCUT2D eigenvalue weighted by Crippen LogP contribution is -2.28. The van der Waals surface area contributed by atoms with E-state index in [-0.39, 0.29) is 5.82 Å². The van der Waals surface area contributed by atoms with E-state index in [1.807, 2.05) is 4.90 Å². The Morgan fingerprint density at radius 1 is 1.20 bits per heavy atom. The summed E-state index contributed by atoms with van der Waals surface area (Å²) in [4.78, 5) is 1.95. The quantitative estimate of drug-likeness (QED) is 0.743. The first kappa shape index (κ1) is 14.5. The lowest BCUT2D eigenvalue weighted by Gasteiger charge is -2.34. The molecule has 2 rings (SSSR count). The van der Waals surface area contributed by atoms with Crippen molar-refractivity contribution >= 4 is 5.69 Å². The molecule has 0 aromatic heterocycles. The second kappa shape index (κ2) is 6.53. The molecule has 0 N–H and O–H groups in total. The molecule has 0 radical (unpaired) electrons. The van der Waals surface area contributed by atoms with Crippen LogP contribution in [-0.4, -0.2) is 13.2 Å². The van der Waals surface area contributed by atoms with Crippen molar-refractivity contribution in [1.82, 2.24) is 0 Å². The highest BCUT2D eigenvalue weighted by Gasteiger charge is 2.23. The average Bonchev–Trinajstić information content (AvgIpc) is 2.50. The third-order valence-corrected chi connectivity index (χ3v) is 3.59. The van der Waals surface area contributed by atoms with Gasteiger partial charge in [-0.1, -0.05) is 19.7 Å². The van der Waals surface area contributed by atoms with E-state index in [0.29, 0.717) is 5.92 Å². The predicted octanol–water partition coefficient (Wildman–Crippen LogP) is 4.27. The van der Waals surface area contributed by atoms with Crippen LogP contribution in [0, 0.1) is 11.7 Å². The van der Waals surface area contributed by atoms with Crippen molar-refractivity contribution in [2.45, 2.75) is 12.8 Å². The third-order valence-electron chi connectivity index (χ3n) is 3.59. The van der Waals surface area contributed by atoms with Gasteiger partial charge in [-0.3, -0.25) is 0 Å². The van der Waals surface area contributed by atoms with E-state index >= 15 is 0 Å². The van der Waals surface area contributed by atoms with Gasteiger partial charge in [0.1, 0.15) is 5.82 Å². The van der Waals surface area contributed by atoms with E-state index in [0.717, 1.165) is 43.1 Å². The van der Waals surface area contributed by atoms with E-state index < -0.39 is 0 Å². The number of ether oxygens (including phenoxy) is 1. The van der Waals surface area contributed by atoms with E-state index in [9.17, 15) is 4.39 Å². The van der Waals surface area contributed by atoms with Gasteiger partial charge in [-0.05, 0) is 43.2 Å². The van der Waals surface area contributed by atoms with Crippen LogP contribution in [0.3, 0.4) is 0 Å². The second-order valence-electron chi connectivity index (χ2n) is 4.89. The van der Waals surface area contributed by atoms with Crippen molar-refractivity contribution in [2.24, 2.45) is 5.92 Å². The number of benzene rings is 1. The number of hydrogen-bond acceptors (Lipinski definition) is 2. The average molecular weight is 273 g/mol. The molecule has 1 saturated heterocycles. The molecule has 106 valence electrons. The summed E-state index contributed by atoms with van der Waals surface area (Å²) in [6.07, 6.45) is 3.58. The highest BCUT2D eigenvalue weighted by atomic mass is 19.1. The Morgan fingerprint density at radius 3 is 2.35 bits per heavy atom. The van der Waals surface area contributed by atoms with Crippen molar-refractivity contribution in [3.8, 4) is 0 Å². The molecule has 0 unspecified atom stereocenters. The molecule has 3 heteroatoms. The molecule has 1 aliphatic rings. The molecular weight excluding hydrogens is 253 g/mol. The Hall–Kier alpha value is -1.87. The molecule has 0 aliphatic carbocycles. The van der Waals surface area contributed by atoms with Crippen LogP contribution in [0.2, 0.25) is 0 Å². The fraction of sp³-hybridized carbons (Fsp3) is 0.294. The van der Waals surface area contributed by atoms with Crippen molar-refractivity contribution in [2.75, 3.05) is 18.1 Å². The maximum atomic E-state index is 13.1. The number of nitrogens with zero attached hydrogens (tertiary/aromatic N) is 1. The van der Waals surface area contributed by atoms with Crippen molar-refractivity contribution in [1.29, 1.82) is 0 Å². The molecule has 1 aromatic rings. The first-order valence-corrected chi connectivity index (χ1v) is 6.77. The fourth-order valence-corrected chi connectivity index (χ4v) is 2.41. The van der Waals surface area contributed by atoms with Gasteiger partial charge in [0.2, 0.25) is 0 Å². The van der Waals surface area contributed by atoms with Crippen LogP contribution in [0.5, 0.6) is 0 Å². The van der Waals surface area contributed by atoms with Crippen LogP contribution in [-0.2, 0) is 4.74 Å². The molecule has 0 amide bonds. The fourth-order valence-electron chi connectivity index (χ4n) is 2.41. The highest BCUT2D eigenvalue weighted by molar-refractivity contribution is 5.59. The van der Waals surface area contributed by atoms with Gasteiger partial charge in [0.25, 0.3) is 0 Å². The molecule has 1 heterocycles. The van der Waals surface area contributed by atoms with E-state index in [1.165, 1.54) is 12.1 Å². The lowest BCUT2D eigenvalue weighted by molar-refractivity contribution is 0.0754. The van der Waals surface area contributed by atoms with Gasteiger partial charge in [-0.15, -0.1) is 0 Å². The second-order valence-corrected chi connectivity index (χ2v) is 4.89. The molecule has 20 heavy (non-hydrogen) atoms. The maximum absolute atomic E-state index is 13.1. The van der Waals surface area contributed by atoms with Crippen LogP contribution in [0.25, 0.3) is 0 Å². The van der Waals surface area contributed by atoms with Crippen LogP contribution in [0.15, 0.2) is 61.5 Å². The molecule has 0 saturated carbocycles. The minimum Gasteiger partial charge on any atom is -0.381 e. The molecule has 1 aliphatic heterocycles. The molecule has 0 atom stereocenters. The molecule has 0 bridgehead atoms. The number of halogens is 1. The topological polar surface area (TPSA) is 12.5 Å². The summed E-state index contributed by atoms with van der Waals surface area (Å²) in [6, 6.07) is 6.34. The lowest BCUT2D eigenvalue weighted by atomic mass is 9.95. The Bertz CT molecular complexity index is 500. The van der Waals surface area contributed by atoms with Crippen molar-refractivity contribution < 1.29 is 9.13 Å². The Labute approximate surface area is 119 Å². The van der Waals surface area contributed by atoms with Crippen molar-refractivity contribution in [3.05, 3.63) is 67.3 Å². The van der Waals surface area contributed by atoms with Crippen LogP contribution >= 0.6 is 0 Å². The van der Waals surface area contributed by atoms with Gasteiger partial charge in [-0.2, -0.15) is 0 Å². The molecule has 1 aromatic carbocycles. The first-order valence-electron chi connectivity index (χ1n) is 6.77. The van der Waals surface area contributed by atoms with Crippen LogP contribution in [0.1, 0.15) is 12.8 Å². The zero-order valence-electron chi connectivity index (χ0n) is 11.6. The molecule has 2 nitrogen and oxygen atoms in total. The standard InChI is InChI=1S/C17H20FNO/c1-4-13(2)19(17-7-5-16(18)6-8-17)14(3)15-9-11-20-12-10-15/h4-8,15H,1-3,9-12H2. The number of allylic oxidation sites excluding steroid dienone is 2. The minimum absolute atomic E-state index is 0.255. The Morgan fingerprint density at radius 2 is 1.80 bits per heavy atom. The van der Waals surface area contributed by atoms with E-state index in [4.69, 9.17) is 4.74 Å². The predicted molar refractivity (Wildman–Crippen MR) is 80.9 cm³/mol. The maximum Gasteiger partial charge on any atom is 0.123 e. The summed E-state index contributed by atoms with van der Waals surface area (Å²) in [5.74, 6) is 0.0973. The largest absolute Gasteiger partial charge is 0.381 e. The molecular formula is C17H20FNO. The molecule has 0 spiro atoms. The van der Waals surface area contributed by atoms with Crippen LogP contribution in [0.4, 0.5) is 10.1 Å². The highest BCUT2D eigenvalue weighted by Crippen LogP contribution is 2.31. The van der Waals surface area contributed by atoms with E-state index in [2.05, 4.69) is 19.7 Å². The zero-order valence-corrected chi connectivity index (χ0v) is 11.6.